The van der Waals surface area contributed by atoms with Gasteiger partial charge in [0.2, 0.25) is 5.91 Å². The van der Waals surface area contributed by atoms with Crippen molar-refractivity contribution in [2.75, 3.05) is 0 Å². The number of carbonyl (C=O) groups is 1. The van der Waals surface area contributed by atoms with Gasteiger partial charge in [0.1, 0.15) is 6.54 Å². The van der Waals surface area contributed by atoms with E-state index in [9.17, 15) is 4.79 Å². The number of rotatable bonds is 10. The Morgan fingerprint density at radius 1 is 1.33 bits per heavy atom. The van der Waals surface area contributed by atoms with E-state index in [0.29, 0.717) is 0 Å². The Morgan fingerprint density at radius 3 is 2.76 bits per heavy atom. The third-order valence-corrected chi connectivity index (χ3v) is 3.49. The number of unbranched alkanes of at least 4 members (excludes halogenated alkanes) is 2. The first kappa shape index (κ1) is 17.6. The van der Waals surface area contributed by atoms with Crippen LogP contribution in [0.2, 0.25) is 0 Å². The van der Waals surface area contributed by atoms with Gasteiger partial charge in [0.15, 0.2) is 0 Å². The zero-order chi connectivity index (χ0) is 15.7. The first-order valence-electron chi connectivity index (χ1n) is 8.01. The fraction of sp³-hybridized carbons (Fsp3) is 0.800. The van der Waals surface area contributed by atoms with Crippen molar-refractivity contribution in [1.82, 2.24) is 20.3 Å². The Kier molecular flexibility index (Phi) is 7.97. The molecule has 0 fully saturated rings. The topological polar surface area (TPSA) is 85.8 Å². The Bertz CT molecular complexity index is 418. The number of nitrogens with zero attached hydrogens (tertiary/aromatic N) is 3. The maximum absolute atomic E-state index is 11.9. The molecule has 0 saturated carbocycles. The molecule has 1 heterocycles. The van der Waals surface area contributed by atoms with E-state index in [0.717, 1.165) is 31.4 Å². The van der Waals surface area contributed by atoms with Gasteiger partial charge in [-0.2, -0.15) is 0 Å². The lowest BCUT2D eigenvalue weighted by atomic mass is 10.1. The van der Waals surface area contributed by atoms with E-state index in [4.69, 9.17) is 5.73 Å². The molecule has 0 aliphatic rings. The Labute approximate surface area is 127 Å². The molecule has 6 heteroatoms. The average molecular weight is 295 g/mol. The van der Waals surface area contributed by atoms with Gasteiger partial charge in [0, 0.05) is 6.04 Å². The predicted octanol–water partition coefficient (Wildman–Crippen LogP) is 2.16. The van der Waals surface area contributed by atoms with Crippen molar-refractivity contribution in [3.8, 4) is 0 Å². The number of aromatic nitrogens is 3. The van der Waals surface area contributed by atoms with E-state index in [1.165, 1.54) is 12.8 Å². The van der Waals surface area contributed by atoms with Crippen molar-refractivity contribution >= 4 is 5.91 Å². The Balaban J connectivity index is 2.37. The second kappa shape index (κ2) is 9.50. The molecule has 0 aliphatic carbocycles. The largest absolute Gasteiger partial charge is 0.352 e. The summed E-state index contributed by atoms with van der Waals surface area (Å²) in [6, 6.07) is 0.106. The molecule has 2 unspecified atom stereocenters. The molecule has 0 radical (unpaired) electrons. The van der Waals surface area contributed by atoms with Crippen molar-refractivity contribution in [2.45, 2.75) is 77.9 Å². The average Bonchev–Trinajstić information content (AvgIpc) is 2.87. The lowest BCUT2D eigenvalue weighted by Crippen LogP contribution is -2.35. The molecule has 2 atom stereocenters. The first-order valence-corrected chi connectivity index (χ1v) is 8.01. The van der Waals surface area contributed by atoms with Crippen LogP contribution in [0.25, 0.3) is 0 Å². The maximum Gasteiger partial charge on any atom is 0.242 e. The second-order valence-corrected chi connectivity index (χ2v) is 5.70. The molecule has 0 aromatic carbocycles. The van der Waals surface area contributed by atoms with Gasteiger partial charge in [-0.3, -0.25) is 4.79 Å². The lowest BCUT2D eigenvalue weighted by molar-refractivity contribution is -0.122. The highest BCUT2D eigenvalue weighted by atomic mass is 16.2. The van der Waals surface area contributed by atoms with Crippen molar-refractivity contribution in [3.05, 3.63) is 11.9 Å². The molecule has 0 spiro atoms. The standard InChI is InChI=1S/C15H29N5O/c1-4-6-7-9-12(3)17-15(21)11-20-10-14(18-19-20)13(16)8-5-2/h10,12-13H,4-9,11,16H2,1-3H3,(H,17,21). The van der Waals surface area contributed by atoms with Crippen molar-refractivity contribution in [2.24, 2.45) is 5.73 Å². The van der Waals surface area contributed by atoms with Crippen LogP contribution in [0.5, 0.6) is 0 Å². The summed E-state index contributed by atoms with van der Waals surface area (Å²) in [5.74, 6) is -0.0282. The van der Waals surface area contributed by atoms with E-state index in [1.807, 2.05) is 6.92 Å². The summed E-state index contributed by atoms with van der Waals surface area (Å²) in [4.78, 5) is 11.9. The summed E-state index contributed by atoms with van der Waals surface area (Å²) in [5, 5.41) is 11.0. The van der Waals surface area contributed by atoms with Gasteiger partial charge in [0.25, 0.3) is 0 Å². The molecule has 1 aromatic heterocycles. The highest BCUT2D eigenvalue weighted by Gasteiger charge is 2.12. The van der Waals surface area contributed by atoms with Crippen LogP contribution in [0, 0.1) is 0 Å². The second-order valence-electron chi connectivity index (χ2n) is 5.70. The Morgan fingerprint density at radius 2 is 2.10 bits per heavy atom. The minimum atomic E-state index is -0.0974. The van der Waals surface area contributed by atoms with Crippen molar-refractivity contribution in [3.63, 3.8) is 0 Å². The number of amides is 1. The van der Waals surface area contributed by atoms with Crippen LogP contribution in [-0.4, -0.2) is 26.9 Å². The van der Waals surface area contributed by atoms with E-state index in [2.05, 4.69) is 29.5 Å². The SMILES string of the molecule is CCCCCC(C)NC(=O)Cn1cc(C(N)CCC)nn1. The molecule has 0 saturated heterocycles. The zero-order valence-electron chi connectivity index (χ0n) is 13.5. The normalized spacial score (nSPS) is 13.9. The van der Waals surface area contributed by atoms with Gasteiger partial charge >= 0.3 is 0 Å². The predicted molar refractivity (Wildman–Crippen MR) is 83.6 cm³/mol. The number of nitrogens with two attached hydrogens (primary N) is 1. The highest BCUT2D eigenvalue weighted by Crippen LogP contribution is 2.11. The van der Waals surface area contributed by atoms with E-state index >= 15 is 0 Å². The molecule has 1 aromatic rings. The smallest absolute Gasteiger partial charge is 0.242 e. The molecule has 0 aliphatic heterocycles. The molecular weight excluding hydrogens is 266 g/mol. The number of carbonyl (C=O) groups excluding carboxylic acids is 1. The fourth-order valence-corrected chi connectivity index (χ4v) is 2.26. The van der Waals surface area contributed by atoms with E-state index in [1.54, 1.807) is 10.9 Å². The molecule has 6 nitrogen and oxygen atoms in total. The van der Waals surface area contributed by atoms with Gasteiger partial charge in [-0.25, -0.2) is 4.68 Å². The van der Waals surface area contributed by atoms with Gasteiger partial charge in [-0.05, 0) is 19.8 Å². The molecular formula is C15H29N5O. The molecule has 120 valence electrons. The summed E-state index contributed by atoms with van der Waals surface area (Å²) in [7, 11) is 0. The fourth-order valence-electron chi connectivity index (χ4n) is 2.26. The molecule has 1 rings (SSSR count). The summed E-state index contributed by atoms with van der Waals surface area (Å²) >= 11 is 0. The molecule has 0 bridgehead atoms. The monoisotopic (exact) mass is 295 g/mol. The summed E-state index contributed by atoms with van der Waals surface area (Å²) in [5.41, 5.74) is 6.73. The summed E-state index contributed by atoms with van der Waals surface area (Å²) < 4.78 is 1.55. The summed E-state index contributed by atoms with van der Waals surface area (Å²) in [6.45, 7) is 6.49. The van der Waals surface area contributed by atoms with Crippen LogP contribution < -0.4 is 11.1 Å². The van der Waals surface area contributed by atoms with Crippen molar-refractivity contribution < 1.29 is 4.79 Å². The molecule has 21 heavy (non-hydrogen) atoms. The van der Waals surface area contributed by atoms with Crippen LogP contribution in [0.4, 0.5) is 0 Å². The van der Waals surface area contributed by atoms with Crippen LogP contribution >= 0.6 is 0 Å². The van der Waals surface area contributed by atoms with Gasteiger partial charge in [-0.15, -0.1) is 5.10 Å². The highest BCUT2D eigenvalue weighted by molar-refractivity contribution is 5.75. The van der Waals surface area contributed by atoms with Crippen LogP contribution in [-0.2, 0) is 11.3 Å². The Hall–Kier alpha value is -1.43. The van der Waals surface area contributed by atoms with Gasteiger partial charge in [-0.1, -0.05) is 44.7 Å². The first-order chi connectivity index (χ1) is 10.1. The maximum atomic E-state index is 11.9. The number of hydrogen-bond donors (Lipinski definition) is 2. The minimum absolute atomic E-state index is 0.0282. The van der Waals surface area contributed by atoms with Gasteiger partial charge < -0.3 is 11.1 Å². The summed E-state index contributed by atoms with van der Waals surface area (Å²) in [6.07, 6.45) is 8.22. The third kappa shape index (κ3) is 6.71. The van der Waals surface area contributed by atoms with Gasteiger partial charge in [0.05, 0.1) is 17.9 Å². The van der Waals surface area contributed by atoms with Crippen molar-refractivity contribution in [1.29, 1.82) is 0 Å². The lowest BCUT2D eigenvalue weighted by Gasteiger charge is -2.13. The number of hydrogen-bond acceptors (Lipinski definition) is 4. The van der Waals surface area contributed by atoms with E-state index < -0.39 is 0 Å². The minimum Gasteiger partial charge on any atom is -0.352 e. The van der Waals surface area contributed by atoms with E-state index in [-0.39, 0.29) is 24.5 Å². The quantitative estimate of drug-likeness (QED) is 0.648. The third-order valence-electron chi connectivity index (χ3n) is 3.49. The van der Waals surface area contributed by atoms with Crippen LogP contribution in [0.1, 0.15) is 71.0 Å². The van der Waals surface area contributed by atoms with Crippen LogP contribution in [0.3, 0.4) is 0 Å². The number of nitrogens with one attached hydrogen (secondary N) is 1. The molecule has 1 amide bonds. The molecule has 3 N–H and O–H groups in total. The zero-order valence-corrected chi connectivity index (χ0v) is 13.5. The van der Waals surface area contributed by atoms with Crippen LogP contribution in [0.15, 0.2) is 6.20 Å².